The molecule has 0 spiro atoms. The van der Waals surface area contributed by atoms with E-state index in [1.165, 1.54) is 109 Å². The van der Waals surface area contributed by atoms with Crippen molar-refractivity contribution in [3.8, 4) is 55.6 Å². The maximum atomic E-state index is 2.37. The van der Waals surface area contributed by atoms with Crippen molar-refractivity contribution in [1.29, 1.82) is 0 Å². The quantitative estimate of drug-likeness (QED) is 0.156. The Balaban J connectivity index is 1.12. The second kappa shape index (κ2) is 13.2. The van der Waals surface area contributed by atoms with Crippen molar-refractivity contribution in [2.75, 3.05) is 0 Å². The summed E-state index contributed by atoms with van der Waals surface area (Å²) in [6.45, 7) is 0. The van der Waals surface area contributed by atoms with Gasteiger partial charge in [-0.3, -0.25) is 0 Å². The normalized spacial score (nSPS) is 11.6. The Morgan fingerprint density at radius 2 is 0.607 bits per heavy atom. The van der Waals surface area contributed by atoms with Crippen LogP contribution in [-0.2, 0) is 0 Å². The Bertz CT molecular complexity index is 3210. The Labute approximate surface area is 326 Å². The van der Waals surface area contributed by atoms with E-state index in [1.54, 1.807) is 0 Å². The van der Waals surface area contributed by atoms with Gasteiger partial charge in [0.25, 0.3) is 0 Å². The Morgan fingerprint density at radius 3 is 1.27 bits per heavy atom. The maximum Gasteiger partial charge on any atom is -0.00201 e. The van der Waals surface area contributed by atoms with Crippen molar-refractivity contribution in [1.82, 2.24) is 0 Å². The summed E-state index contributed by atoms with van der Waals surface area (Å²) in [6.07, 6.45) is 0. The average molecular weight is 709 g/mol. The molecular weight excluding hydrogens is 673 g/mol. The molecule has 11 aromatic rings. The van der Waals surface area contributed by atoms with Crippen molar-refractivity contribution in [2.45, 2.75) is 0 Å². The van der Waals surface area contributed by atoms with Crippen molar-refractivity contribution in [3.63, 3.8) is 0 Å². The zero-order valence-electron chi connectivity index (χ0n) is 30.8. The van der Waals surface area contributed by atoms with Gasteiger partial charge >= 0.3 is 0 Å². The van der Waals surface area contributed by atoms with Crippen molar-refractivity contribution in [3.05, 3.63) is 218 Å². The van der Waals surface area contributed by atoms with Crippen LogP contribution in [0.5, 0.6) is 0 Å². The lowest BCUT2D eigenvalue weighted by Crippen LogP contribution is -1.93. The molecular formula is C56H36. The van der Waals surface area contributed by atoms with E-state index >= 15 is 0 Å². The molecule has 0 aliphatic carbocycles. The van der Waals surface area contributed by atoms with Crippen molar-refractivity contribution in [2.24, 2.45) is 0 Å². The van der Waals surface area contributed by atoms with Crippen molar-refractivity contribution >= 4 is 53.9 Å². The lowest BCUT2D eigenvalue weighted by Gasteiger charge is -2.20. The van der Waals surface area contributed by atoms with Gasteiger partial charge in [-0.1, -0.05) is 218 Å². The van der Waals surface area contributed by atoms with E-state index < -0.39 is 0 Å². The van der Waals surface area contributed by atoms with Crippen LogP contribution in [0.25, 0.3) is 109 Å². The topological polar surface area (TPSA) is 0 Å². The summed E-state index contributed by atoms with van der Waals surface area (Å²) in [5, 5.41) is 12.6. The van der Waals surface area contributed by atoms with E-state index in [4.69, 9.17) is 0 Å². The van der Waals surface area contributed by atoms with Gasteiger partial charge in [0.15, 0.2) is 0 Å². The molecule has 0 atom stereocenters. The fourth-order valence-corrected chi connectivity index (χ4v) is 9.20. The van der Waals surface area contributed by atoms with Crippen LogP contribution in [0.4, 0.5) is 0 Å². The maximum absolute atomic E-state index is 2.37. The smallest absolute Gasteiger partial charge is 0.00201 e. The molecule has 0 aliphatic rings. The highest BCUT2D eigenvalue weighted by atomic mass is 14.2. The van der Waals surface area contributed by atoms with Crippen LogP contribution < -0.4 is 0 Å². The third-order valence-electron chi connectivity index (χ3n) is 11.7. The molecule has 0 saturated heterocycles. The zero-order chi connectivity index (χ0) is 37.0. The Hall–Kier alpha value is -7.28. The largest absolute Gasteiger partial charge is 0.0622 e. The van der Waals surface area contributed by atoms with E-state index in [0.717, 1.165) is 0 Å². The first-order chi connectivity index (χ1) is 27.8. The summed E-state index contributed by atoms with van der Waals surface area (Å²) in [5.74, 6) is 0. The standard InChI is InChI=1S/C56H36/c1-2-15-38(16-3-1)44-29-13-19-40-20-14-30-48(54(40)44)47-35-36-53(46-23-7-6-22-45(46)47)56-51-26-10-8-24-49(51)55(50-25-9-11-27-52(50)56)41-33-31-39(32-34-41)43-28-12-18-37-17-4-5-21-42(37)43/h1-36H. The predicted octanol–water partition coefficient (Wildman–Crippen LogP) is 15.8. The third-order valence-corrected chi connectivity index (χ3v) is 11.7. The molecule has 0 aliphatic heterocycles. The van der Waals surface area contributed by atoms with Gasteiger partial charge < -0.3 is 0 Å². The highest BCUT2D eigenvalue weighted by Gasteiger charge is 2.20. The molecule has 0 nitrogen and oxygen atoms in total. The monoisotopic (exact) mass is 708 g/mol. The van der Waals surface area contributed by atoms with Crippen LogP contribution in [0, 0.1) is 0 Å². The van der Waals surface area contributed by atoms with Gasteiger partial charge in [0, 0.05) is 0 Å². The van der Waals surface area contributed by atoms with E-state index in [1.807, 2.05) is 0 Å². The summed E-state index contributed by atoms with van der Waals surface area (Å²) < 4.78 is 0. The second-order valence-electron chi connectivity index (χ2n) is 14.7. The molecule has 56 heavy (non-hydrogen) atoms. The van der Waals surface area contributed by atoms with E-state index in [2.05, 4.69) is 218 Å². The molecule has 0 radical (unpaired) electrons. The Kier molecular flexibility index (Phi) is 7.60. The highest BCUT2D eigenvalue weighted by molar-refractivity contribution is 6.24. The van der Waals surface area contributed by atoms with Gasteiger partial charge in [-0.2, -0.15) is 0 Å². The summed E-state index contributed by atoms with van der Waals surface area (Å²) in [5.41, 5.74) is 12.5. The number of hydrogen-bond donors (Lipinski definition) is 0. The average Bonchev–Trinajstić information content (AvgIpc) is 3.28. The lowest BCUT2D eigenvalue weighted by atomic mass is 9.83. The fourth-order valence-electron chi connectivity index (χ4n) is 9.20. The van der Waals surface area contributed by atoms with Crippen molar-refractivity contribution < 1.29 is 0 Å². The fraction of sp³-hybridized carbons (Fsp3) is 0. The molecule has 11 rings (SSSR count). The Morgan fingerprint density at radius 1 is 0.179 bits per heavy atom. The van der Waals surface area contributed by atoms with E-state index in [0.29, 0.717) is 0 Å². The second-order valence-corrected chi connectivity index (χ2v) is 14.7. The first-order valence-electron chi connectivity index (χ1n) is 19.4. The molecule has 11 aromatic carbocycles. The number of benzene rings is 11. The summed E-state index contributed by atoms with van der Waals surface area (Å²) in [7, 11) is 0. The number of hydrogen-bond acceptors (Lipinski definition) is 0. The van der Waals surface area contributed by atoms with Gasteiger partial charge in [0.2, 0.25) is 0 Å². The van der Waals surface area contributed by atoms with Gasteiger partial charge in [-0.25, -0.2) is 0 Å². The predicted molar refractivity (Wildman–Crippen MR) is 241 cm³/mol. The molecule has 0 unspecified atom stereocenters. The van der Waals surface area contributed by atoms with Crippen LogP contribution >= 0.6 is 0 Å². The van der Waals surface area contributed by atoms with Gasteiger partial charge in [-0.15, -0.1) is 0 Å². The molecule has 0 saturated carbocycles. The van der Waals surface area contributed by atoms with Crippen LogP contribution in [0.3, 0.4) is 0 Å². The minimum absolute atomic E-state index is 1.22. The summed E-state index contributed by atoms with van der Waals surface area (Å²) >= 11 is 0. The molecule has 0 heterocycles. The summed E-state index contributed by atoms with van der Waals surface area (Å²) in [6, 6.07) is 80.2. The minimum atomic E-state index is 1.22. The van der Waals surface area contributed by atoms with Gasteiger partial charge in [0.1, 0.15) is 0 Å². The summed E-state index contributed by atoms with van der Waals surface area (Å²) in [4.78, 5) is 0. The first kappa shape index (κ1) is 32.2. The minimum Gasteiger partial charge on any atom is -0.0622 e. The van der Waals surface area contributed by atoms with Gasteiger partial charge in [-0.05, 0) is 109 Å². The number of fused-ring (bicyclic) bond motifs is 5. The molecule has 260 valence electrons. The SMILES string of the molecule is c1ccc(-c2cccc3cccc(-c4ccc(-c5c6ccccc6c(-c6ccc(-c7cccc8ccccc78)cc6)c6ccccc56)c5ccccc45)c23)cc1. The lowest BCUT2D eigenvalue weighted by molar-refractivity contribution is 1.63. The molecule has 0 heteroatoms. The van der Waals surface area contributed by atoms with Crippen LogP contribution in [0.2, 0.25) is 0 Å². The number of rotatable bonds is 5. The molecule has 0 N–H and O–H groups in total. The van der Waals surface area contributed by atoms with E-state index in [9.17, 15) is 0 Å². The molecule has 0 amide bonds. The first-order valence-corrected chi connectivity index (χ1v) is 19.4. The van der Waals surface area contributed by atoms with Crippen LogP contribution in [0.15, 0.2) is 218 Å². The highest BCUT2D eigenvalue weighted by Crippen LogP contribution is 2.47. The van der Waals surface area contributed by atoms with Crippen LogP contribution in [-0.4, -0.2) is 0 Å². The zero-order valence-corrected chi connectivity index (χ0v) is 30.8. The molecule has 0 fully saturated rings. The van der Waals surface area contributed by atoms with Gasteiger partial charge in [0.05, 0.1) is 0 Å². The van der Waals surface area contributed by atoms with E-state index in [-0.39, 0.29) is 0 Å². The molecule has 0 aromatic heterocycles. The third kappa shape index (κ3) is 5.15. The molecule has 0 bridgehead atoms. The van der Waals surface area contributed by atoms with Crippen LogP contribution in [0.1, 0.15) is 0 Å².